The van der Waals surface area contributed by atoms with Crippen LogP contribution in [0.2, 0.25) is 0 Å². The van der Waals surface area contributed by atoms with Crippen molar-refractivity contribution in [3.63, 3.8) is 0 Å². The lowest BCUT2D eigenvalue weighted by Crippen LogP contribution is -2.54. The topological polar surface area (TPSA) is 64.2 Å². The van der Waals surface area contributed by atoms with Crippen molar-refractivity contribution in [2.24, 2.45) is 0 Å². The predicted octanol–water partition coefficient (Wildman–Crippen LogP) is 1.65. The number of hydrogen-bond acceptors (Lipinski definition) is 5. The first-order chi connectivity index (χ1) is 14.9. The summed E-state index contributed by atoms with van der Waals surface area (Å²) in [5, 5.41) is 0. The molecule has 0 unspecified atom stereocenters. The molecule has 0 aliphatic carbocycles. The summed E-state index contributed by atoms with van der Waals surface area (Å²) >= 11 is 0. The van der Waals surface area contributed by atoms with Gasteiger partial charge in [-0.1, -0.05) is 30.3 Å². The fourth-order valence-electron chi connectivity index (χ4n) is 4.20. The standard InChI is InChI=1S/C23H30N4O3S/c1-20-6-5-7-21(18-20)25-12-14-26(15-13-25)23(28)19-24-10-16-27(17-11-24)31(29,30)22-8-3-2-4-9-22/h2-9,18H,10-17,19H2,1H3. The Bertz CT molecular complexity index is 996. The number of piperazine rings is 2. The highest BCUT2D eigenvalue weighted by Gasteiger charge is 2.30. The van der Waals surface area contributed by atoms with Crippen LogP contribution in [0, 0.1) is 6.92 Å². The molecule has 31 heavy (non-hydrogen) atoms. The van der Waals surface area contributed by atoms with Crippen molar-refractivity contribution < 1.29 is 13.2 Å². The van der Waals surface area contributed by atoms with Crippen LogP contribution in [0.1, 0.15) is 5.56 Å². The zero-order valence-corrected chi connectivity index (χ0v) is 18.8. The summed E-state index contributed by atoms with van der Waals surface area (Å²) in [4.78, 5) is 19.4. The Balaban J connectivity index is 1.25. The molecule has 8 heteroatoms. The van der Waals surface area contributed by atoms with Crippen molar-refractivity contribution in [3.8, 4) is 0 Å². The summed E-state index contributed by atoms with van der Waals surface area (Å²) in [6.07, 6.45) is 0. The Morgan fingerprint density at radius 1 is 0.839 bits per heavy atom. The monoisotopic (exact) mass is 442 g/mol. The summed E-state index contributed by atoms with van der Waals surface area (Å²) < 4.78 is 27.0. The van der Waals surface area contributed by atoms with E-state index < -0.39 is 10.0 Å². The van der Waals surface area contributed by atoms with E-state index in [0.717, 1.165) is 26.2 Å². The number of rotatable bonds is 5. The summed E-state index contributed by atoms with van der Waals surface area (Å²) in [5.41, 5.74) is 2.45. The van der Waals surface area contributed by atoms with Crippen molar-refractivity contribution in [1.82, 2.24) is 14.1 Å². The van der Waals surface area contributed by atoms with Gasteiger partial charge in [0.2, 0.25) is 15.9 Å². The van der Waals surface area contributed by atoms with Crippen molar-refractivity contribution in [2.45, 2.75) is 11.8 Å². The molecule has 0 aromatic heterocycles. The second-order valence-electron chi connectivity index (χ2n) is 8.20. The number of hydrogen-bond donors (Lipinski definition) is 0. The van der Waals surface area contributed by atoms with E-state index >= 15 is 0 Å². The van der Waals surface area contributed by atoms with Crippen LogP contribution >= 0.6 is 0 Å². The van der Waals surface area contributed by atoms with Crippen LogP contribution in [-0.2, 0) is 14.8 Å². The molecule has 2 aromatic rings. The third-order valence-corrected chi connectivity index (χ3v) is 7.98. The Morgan fingerprint density at radius 2 is 1.52 bits per heavy atom. The van der Waals surface area contributed by atoms with Gasteiger partial charge in [-0.3, -0.25) is 9.69 Å². The van der Waals surface area contributed by atoms with E-state index in [0.29, 0.717) is 37.6 Å². The number of carbonyl (C=O) groups excluding carboxylic acids is 1. The predicted molar refractivity (Wildman–Crippen MR) is 122 cm³/mol. The molecule has 0 N–H and O–H groups in total. The first-order valence-electron chi connectivity index (χ1n) is 10.8. The third-order valence-electron chi connectivity index (χ3n) is 6.07. The number of aryl methyl sites for hydroxylation is 1. The van der Waals surface area contributed by atoms with E-state index in [1.54, 1.807) is 24.3 Å². The van der Waals surface area contributed by atoms with Crippen LogP contribution in [0.5, 0.6) is 0 Å². The number of benzene rings is 2. The molecule has 0 spiro atoms. The molecule has 0 radical (unpaired) electrons. The number of sulfonamides is 1. The molecule has 0 bridgehead atoms. The minimum absolute atomic E-state index is 0.128. The number of amides is 1. The van der Waals surface area contributed by atoms with Crippen LogP contribution in [-0.4, -0.2) is 87.3 Å². The number of nitrogens with zero attached hydrogens (tertiary/aromatic N) is 4. The average Bonchev–Trinajstić information content (AvgIpc) is 2.80. The van der Waals surface area contributed by atoms with Gasteiger partial charge in [0.1, 0.15) is 0 Å². The summed E-state index contributed by atoms with van der Waals surface area (Å²) in [5.74, 6) is 0.128. The highest BCUT2D eigenvalue weighted by Crippen LogP contribution is 2.19. The lowest BCUT2D eigenvalue weighted by atomic mass is 10.2. The zero-order valence-electron chi connectivity index (χ0n) is 18.0. The van der Waals surface area contributed by atoms with E-state index in [9.17, 15) is 13.2 Å². The summed E-state index contributed by atoms with van der Waals surface area (Å²) in [6, 6.07) is 17.0. The van der Waals surface area contributed by atoms with Crippen molar-refractivity contribution in [1.29, 1.82) is 0 Å². The third kappa shape index (κ3) is 5.08. The molecule has 2 aliphatic heterocycles. The smallest absolute Gasteiger partial charge is 0.243 e. The Morgan fingerprint density at radius 3 is 2.16 bits per heavy atom. The average molecular weight is 443 g/mol. The van der Waals surface area contributed by atoms with Gasteiger partial charge in [0.15, 0.2) is 0 Å². The van der Waals surface area contributed by atoms with Gasteiger partial charge in [0.25, 0.3) is 0 Å². The Kier molecular flexibility index (Phi) is 6.60. The van der Waals surface area contributed by atoms with Gasteiger partial charge in [0.05, 0.1) is 11.4 Å². The molecule has 2 aliphatic rings. The maximum atomic E-state index is 12.8. The molecular weight excluding hydrogens is 412 g/mol. The van der Waals surface area contributed by atoms with Gasteiger partial charge in [-0.25, -0.2) is 8.42 Å². The van der Waals surface area contributed by atoms with Crippen LogP contribution < -0.4 is 4.90 Å². The quantitative estimate of drug-likeness (QED) is 0.705. The molecule has 1 amide bonds. The SMILES string of the molecule is Cc1cccc(N2CCN(C(=O)CN3CCN(S(=O)(=O)c4ccccc4)CC3)CC2)c1. The first-order valence-corrected chi connectivity index (χ1v) is 12.2. The van der Waals surface area contributed by atoms with Crippen LogP contribution in [0.25, 0.3) is 0 Å². The van der Waals surface area contributed by atoms with E-state index in [-0.39, 0.29) is 5.91 Å². The van der Waals surface area contributed by atoms with Gasteiger partial charge in [-0.05, 0) is 36.8 Å². The molecule has 2 heterocycles. The normalized spacial score (nSPS) is 18.9. The fourth-order valence-corrected chi connectivity index (χ4v) is 5.64. The van der Waals surface area contributed by atoms with Gasteiger partial charge in [-0.15, -0.1) is 0 Å². The molecule has 0 atom stereocenters. The van der Waals surface area contributed by atoms with E-state index in [1.807, 2.05) is 11.0 Å². The number of anilines is 1. The van der Waals surface area contributed by atoms with E-state index in [2.05, 4.69) is 41.0 Å². The lowest BCUT2D eigenvalue weighted by molar-refractivity contribution is -0.133. The van der Waals surface area contributed by atoms with Crippen LogP contribution in [0.4, 0.5) is 5.69 Å². The maximum Gasteiger partial charge on any atom is 0.243 e. The van der Waals surface area contributed by atoms with Gasteiger partial charge in [0, 0.05) is 58.0 Å². The van der Waals surface area contributed by atoms with Gasteiger partial charge >= 0.3 is 0 Å². The first kappa shape index (κ1) is 21.8. The van der Waals surface area contributed by atoms with Crippen molar-refractivity contribution in [3.05, 3.63) is 60.2 Å². The second-order valence-corrected chi connectivity index (χ2v) is 10.1. The highest BCUT2D eigenvalue weighted by atomic mass is 32.2. The summed E-state index contributed by atoms with van der Waals surface area (Å²) in [6.45, 7) is 7.50. The maximum absolute atomic E-state index is 12.8. The zero-order chi connectivity index (χ0) is 21.8. The van der Waals surface area contributed by atoms with Crippen molar-refractivity contribution >= 4 is 21.6 Å². The molecular formula is C23H30N4O3S. The lowest BCUT2D eigenvalue weighted by Gasteiger charge is -2.38. The molecule has 2 fully saturated rings. The minimum atomic E-state index is -3.46. The minimum Gasteiger partial charge on any atom is -0.368 e. The fraction of sp³-hybridized carbons (Fsp3) is 0.435. The van der Waals surface area contributed by atoms with Crippen molar-refractivity contribution in [2.75, 3.05) is 63.8 Å². The van der Waals surface area contributed by atoms with E-state index in [4.69, 9.17) is 0 Å². The van der Waals surface area contributed by atoms with Gasteiger partial charge < -0.3 is 9.80 Å². The molecule has 4 rings (SSSR count). The second kappa shape index (κ2) is 9.38. The largest absolute Gasteiger partial charge is 0.368 e. The molecule has 166 valence electrons. The molecule has 2 saturated heterocycles. The molecule has 2 aromatic carbocycles. The van der Waals surface area contributed by atoms with Crippen LogP contribution in [0.15, 0.2) is 59.5 Å². The molecule has 0 saturated carbocycles. The summed E-state index contributed by atoms with van der Waals surface area (Å²) in [7, 11) is -3.46. The van der Waals surface area contributed by atoms with Gasteiger partial charge in [-0.2, -0.15) is 4.31 Å². The van der Waals surface area contributed by atoms with E-state index in [1.165, 1.54) is 15.6 Å². The molecule has 7 nitrogen and oxygen atoms in total. The Labute approximate surface area is 184 Å². The Hall–Kier alpha value is -2.42. The highest BCUT2D eigenvalue weighted by molar-refractivity contribution is 7.89. The number of carbonyl (C=O) groups is 1. The van der Waals surface area contributed by atoms with Crippen LogP contribution in [0.3, 0.4) is 0 Å².